The van der Waals surface area contributed by atoms with Crippen LogP contribution in [0.2, 0.25) is 0 Å². The molecule has 4 N–H and O–H groups in total. The third kappa shape index (κ3) is 8.56. The lowest BCUT2D eigenvalue weighted by Gasteiger charge is -2.42. The highest BCUT2D eigenvalue weighted by atomic mass is 16.2. The zero-order valence-corrected chi connectivity index (χ0v) is 29.3. The number of carbonyl (C=O) groups excluding carboxylic acids is 6. The van der Waals surface area contributed by atoms with Gasteiger partial charge in [0.1, 0.15) is 18.1 Å². The van der Waals surface area contributed by atoms with Crippen LogP contribution in [0.1, 0.15) is 95.8 Å². The molecule has 4 aliphatic rings. The van der Waals surface area contributed by atoms with E-state index in [1.54, 1.807) is 17.0 Å². The number of hydrogen-bond donors (Lipinski definition) is 4. The van der Waals surface area contributed by atoms with Crippen LogP contribution in [0.4, 0.5) is 0 Å². The normalized spacial score (nSPS) is 24.3. The van der Waals surface area contributed by atoms with Gasteiger partial charge >= 0.3 is 0 Å². The summed E-state index contributed by atoms with van der Waals surface area (Å²) in [5, 5.41) is 11.4. The Morgan fingerprint density at radius 2 is 1.69 bits per heavy atom. The fraction of sp³-hybridized carbons (Fsp3) is 0.649. The minimum absolute atomic E-state index is 0.0555. The standard InChI is InChI=1S/C37H52N6O6/c1-6-16-39-33(47)28(44)26(19-22-10-11-22)40-32(46)27-25-20-24(25)21-43(27)35(49)30(36(2,3)4)42-34(48)29(37(5)14-8-7-9-15-37)41-31(45)23-12-17-38-18-13-23/h6,12-13,17-18,22,24-27,29-30H,1,7-11,14-16,19-21H2,2-5H3,(H,39,47)(H,40,46)(H,41,45)(H,42,48)/t24-,25-,26?,27-,29+,30+/m0/s1. The average molecular weight is 677 g/mol. The lowest BCUT2D eigenvalue weighted by molar-refractivity contribution is -0.146. The van der Waals surface area contributed by atoms with Crippen molar-refractivity contribution in [1.29, 1.82) is 0 Å². The Hall–Kier alpha value is -4.09. The Balaban J connectivity index is 1.34. The van der Waals surface area contributed by atoms with Crippen LogP contribution < -0.4 is 21.3 Å². The molecular weight excluding hydrogens is 624 g/mol. The summed E-state index contributed by atoms with van der Waals surface area (Å²) >= 11 is 0. The van der Waals surface area contributed by atoms with Crippen LogP contribution in [0, 0.1) is 28.6 Å². The number of aromatic nitrogens is 1. The van der Waals surface area contributed by atoms with Crippen molar-refractivity contribution in [2.45, 2.75) is 110 Å². The SMILES string of the molecule is C=CCNC(=O)C(=O)C(CC1CC1)NC(=O)[C@@H]1[C@H]2C[C@H]2CN1C(=O)[C@@H](NC(=O)[C@@H](NC(=O)c1ccncc1)C1(C)CCCCC1)C(C)(C)C. The van der Waals surface area contributed by atoms with Gasteiger partial charge in [-0.05, 0) is 66.4 Å². The highest BCUT2D eigenvalue weighted by molar-refractivity contribution is 6.38. The summed E-state index contributed by atoms with van der Waals surface area (Å²) in [4.78, 5) is 87.2. The summed E-state index contributed by atoms with van der Waals surface area (Å²) in [6.07, 6.45) is 12.0. The minimum Gasteiger partial charge on any atom is -0.346 e. The molecule has 0 spiro atoms. The Morgan fingerprint density at radius 3 is 2.31 bits per heavy atom. The molecule has 5 rings (SSSR count). The van der Waals surface area contributed by atoms with Crippen molar-refractivity contribution in [3.63, 3.8) is 0 Å². The number of likely N-dealkylation sites (tertiary alicyclic amines) is 1. The number of amides is 5. The number of piperidine rings is 1. The molecule has 1 saturated heterocycles. The van der Waals surface area contributed by atoms with Gasteiger partial charge in [-0.2, -0.15) is 0 Å². The molecule has 12 heteroatoms. The van der Waals surface area contributed by atoms with Gasteiger partial charge in [0.05, 0.1) is 6.04 Å². The number of Topliss-reactive ketones (excluding diaryl/α,β-unsaturated/α-hetero) is 1. The molecule has 4 fully saturated rings. The lowest BCUT2D eigenvalue weighted by atomic mass is 9.70. The molecule has 0 bridgehead atoms. The highest BCUT2D eigenvalue weighted by Crippen LogP contribution is 2.50. The second-order valence-corrected chi connectivity index (χ2v) is 15.9. The molecular formula is C37H52N6O6. The van der Waals surface area contributed by atoms with Gasteiger partial charge in [-0.15, -0.1) is 6.58 Å². The number of rotatable bonds is 14. The largest absolute Gasteiger partial charge is 0.346 e. The summed E-state index contributed by atoms with van der Waals surface area (Å²) in [6, 6.07) is -0.501. The van der Waals surface area contributed by atoms with Gasteiger partial charge in [-0.25, -0.2) is 0 Å². The molecule has 266 valence electrons. The summed E-state index contributed by atoms with van der Waals surface area (Å²) in [5.41, 5.74) is -0.867. The monoisotopic (exact) mass is 676 g/mol. The molecule has 5 amide bonds. The first-order valence-corrected chi connectivity index (χ1v) is 17.8. The number of pyridine rings is 1. The maximum Gasteiger partial charge on any atom is 0.289 e. The quantitative estimate of drug-likeness (QED) is 0.174. The van der Waals surface area contributed by atoms with Crippen molar-refractivity contribution in [2.75, 3.05) is 13.1 Å². The van der Waals surface area contributed by atoms with Gasteiger partial charge in [-0.3, -0.25) is 33.8 Å². The number of hydrogen-bond acceptors (Lipinski definition) is 7. The van der Waals surface area contributed by atoms with Gasteiger partial charge in [0.15, 0.2) is 0 Å². The third-order valence-electron chi connectivity index (χ3n) is 10.8. The van der Waals surface area contributed by atoms with Crippen molar-refractivity contribution in [2.24, 2.45) is 28.6 Å². The summed E-state index contributed by atoms with van der Waals surface area (Å²) < 4.78 is 0. The van der Waals surface area contributed by atoms with Crippen molar-refractivity contribution in [3.8, 4) is 0 Å². The predicted octanol–water partition coefficient (Wildman–Crippen LogP) is 2.68. The molecule has 3 aliphatic carbocycles. The molecule has 1 aliphatic heterocycles. The third-order valence-corrected chi connectivity index (χ3v) is 10.8. The van der Waals surface area contributed by atoms with E-state index in [-0.39, 0.29) is 30.2 Å². The van der Waals surface area contributed by atoms with Crippen LogP contribution in [-0.2, 0) is 24.0 Å². The van der Waals surface area contributed by atoms with Crippen LogP contribution in [0.25, 0.3) is 0 Å². The summed E-state index contributed by atoms with van der Waals surface area (Å²) in [7, 11) is 0. The van der Waals surface area contributed by atoms with E-state index >= 15 is 0 Å². The van der Waals surface area contributed by atoms with E-state index < -0.39 is 64.4 Å². The van der Waals surface area contributed by atoms with E-state index in [1.807, 2.05) is 27.7 Å². The smallest absolute Gasteiger partial charge is 0.289 e. The van der Waals surface area contributed by atoms with Gasteiger partial charge in [-0.1, -0.05) is 65.9 Å². The second-order valence-electron chi connectivity index (χ2n) is 15.9. The Labute approximate surface area is 289 Å². The van der Waals surface area contributed by atoms with Crippen LogP contribution in [-0.4, -0.2) is 82.5 Å². The van der Waals surface area contributed by atoms with Crippen molar-refractivity contribution in [3.05, 3.63) is 42.7 Å². The van der Waals surface area contributed by atoms with Crippen LogP contribution >= 0.6 is 0 Å². The fourth-order valence-electron chi connectivity index (χ4n) is 7.58. The molecule has 2 heterocycles. The molecule has 1 aromatic rings. The van der Waals surface area contributed by atoms with Gasteiger partial charge in [0, 0.05) is 31.0 Å². The maximum absolute atomic E-state index is 14.5. The molecule has 49 heavy (non-hydrogen) atoms. The van der Waals surface area contributed by atoms with E-state index in [9.17, 15) is 28.8 Å². The van der Waals surface area contributed by atoms with Crippen LogP contribution in [0.3, 0.4) is 0 Å². The van der Waals surface area contributed by atoms with Crippen LogP contribution in [0.15, 0.2) is 37.2 Å². The van der Waals surface area contributed by atoms with Crippen molar-refractivity contribution < 1.29 is 28.8 Å². The van der Waals surface area contributed by atoms with E-state index in [1.165, 1.54) is 18.5 Å². The topological polar surface area (TPSA) is 167 Å². The van der Waals surface area contributed by atoms with E-state index in [4.69, 9.17) is 0 Å². The zero-order chi connectivity index (χ0) is 35.5. The lowest BCUT2D eigenvalue weighted by Crippen LogP contribution is -2.63. The van der Waals surface area contributed by atoms with E-state index in [2.05, 4.69) is 32.8 Å². The molecule has 0 radical (unpaired) electrons. The van der Waals surface area contributed by atoms with Gasteiger partial charge in [0.25, 0.3) is 11.8 Å². The summed E-state index contributed by atoms with van der Waals surface area (Å²) in [6.45, 7) is 11.7. The molecule has 1 unspecified atom stereocenters. The fourth-order valence-corrected chi connectivity index (χ4v) is 7.58. The van der Waals surface area contributed by atoms with E-state index in [0.717, 1.165) is 51.4 Å². The van der Waals surface area contributed by atoms with Gasteiger partial charge in [0.2, 0.25) is 23.5 Å². The molecule has 1 aromatic heterocycles. The number of ketones is 1. The first-order valence-electron chi connectivity index (χ1n) is 17.8. The van der Waals surface area contributed by atoms with Crippen molar-refractivity contribution >= 4 is 35.3 Å². The number of fused-ring (bicyclic) bond motifs is 1. The predicted molar refractivity (Wildman–Crippen MR) is 183 cm³/mol. The minimum atomic E-state index is -0.992. The highest BCUT2D eigenvalue weighted by Gasteiger charge is 2.58. The first kappa shape index (κ1) is 36.2. The first-order chi connectivity index (χ1) is 23.2. The number of nitrogens with one attached hydrogen (secondary N) is 4. The molecule has 3 saturated carbocycles. The number of nitrogens with zero attached hydrogens (tertiary/aromatic N) is 2. The number of carbonyl (C=O) groups is 6. The zero-order valence-electron chi connectivity index (χ0n) is 29.3. The molecule has 0 aromatic carbocycles. The Bertz CT molecular complexity index is 1450. The average Bonchev–Trinajstić information content (AvgIpc) is 4.01. The van der Waals surface area contributed by atoms with Gasteiger partial charge < -0.3 is 26.2 Å². The Kier molecular flexibility index (Phi) is 10.9. The molecule has 12 nitrogen and oxygen atoms in total. The van der Waals surface area contributed by atoms with E-state index in [0.29, 0.717) is 18.5 Å². The Morgan fingerprint density at radius 1 is 1.02 bits per heavy atom. The maximum atomic E-state index is 14.5. The van der Waals surface area contributed by atoms with Crippen LogP contribution in [0.5, 0.6) is 0 Å². The van der Waals surface area contributed by atoms with Crippen molar-refractivity contribution in [1.82, 2.24) is 31.2 Å². The molecule has 6 atom stereocenters. The second kappa shape index (κ2) is 14.8. The summed E-state index contributed by atoms with van der Waals surface area (Å²) in [5.74, 6) is -2.79.